The van der Waals surface area contributed by atoms with Gasteiger partial charge in [0.25, 0.3) is 0 Å². The molecule has 2 N–H and O–H groups in total. The second-order valence-electron chi connectivity index (χ2n) is 17.0. The maximum Gasteiger partial charge on any atom is 0.408 e. The molecular formula is C48H60N2O21. The van der Waals surface area contributed by atoms with Crippen LogP contribution < -0.4 is 10.6 Å². The van der Waals surface area contributed by atoms with Gasteiger partial charge in [-0.15, -0.1) is 0 Å². The molecule has 0 aliphatic carbocycles. The van der Waals surface area contributed by atoms with Crippen LogP contribution in [0, 0.1) is 0 Å². The van der Waals surface area contributed by atoms with Gasteiger partial charge in [-0.05, 0) is 52.0 Å². The van der Waals surface area contributed by atoms with Crippen LogP contribution in [-0.4, -0.2) is 153 Å². The van der Waals surface area contributed by atoms with Gasteiger partial charge >= 0.3 is 47.9 Å². The molecular weight excluding hydrogens is 941 g/mol. The van der Waals surface area contributed by atoms with Gasteiger partial charge < -0.3 is 67.5 Å². The maximum absolute atomic E-state index is 14.1. The second kappa shape index (κ2) is 26.3. The number of benzene rings is 2. The lowest BCUT2D eigenvalue weighted by Crippen LogP contribution is -2.70. The second-order valence-corrected chi connectivity index (χ2v) is 17.0. The predicted octanol–water partition coefficient (Wildman–Crippen LogP) is 2.79. The Labute approximate surface area is 409 Å². The average molecular weight is 1000 g/mol. The zero-order valence-corrected chi connectivity index (χ0v) is 40.7. The number of amides is 2. The van der Waals surface area contributed by atoms with E-state index >= 15 is 0 Å². The van der Waals surface area contributed by atoms with E-state index in [1.165, 1.54) is 37.3 Å². The standard InChI is InChI=1S/C48H60N2O21/c1-11-22-60-47(59)50-35(44(58)71-48(8,9)10)25(2)63-45-36(49-26(3)51)39(37(69-43(57)32-20-16-13-17-21-32)34(67-45)24-62-42(56)31-18-14-12-15-19-31)70-46-41(66-30(7)55)40(65-29(6)54)38(64-28(5)53)33(68-46)23-61-27(4)52/h11-21,25,33-41,45-46H,1,22-24H2,2-10H3,(H,49,51)(H,50,59)/t25-,33-,34-,35+,36-,37+,38+,39-,40+,41-,45+,46+/m1/s1. The number of carbonyl (C=O) groups is 9. The van der Waals surface area contributed by atoms with Gasteiger partial charge in [-0.2, -0.15) is 0 Å². The first-order valence-corrected chi connectivity index (χ1v) is 22.3. The van der Waals surface area contributed by atoms with E-state index in [9.17, 15) is 43.2 Å². The largest absolute Gasteiger partial charge is 0.463 e. The molecule has 0 unspecified atom stereocenters. The lowest BCUT2D eigenvalue weighted by Gasteiger charge is -2.49. The van der Waals surface area contributed by atoms with E-state index in [0.29, 0.717) is 0 Å². The van der Waals surface area contributed by atoms with E-state index in [0.717, 1.165) is 34.6 Å². The fourth-order valence-electron chi connectivity index (χ4n) is 7.21. The Hall–Kier alpha value is -6.95. The van der Waals surface area contributed by atoms with Crippen LogP contribution in [0.1, 0.15) is 83.0 Å². The molecule has 23 heteroatoms. The van der Waals surface area contributed by atoms with Crippen molar-refractivity contribution in [2.75, 3.05) is 19.8 Å². The Morgan fingerprint density at radius 2 is 1.14 bits per heavy atom. The number of hydrogen-bond acceptors (Lipinski definition) is 21. The first-order chi connectivity index (χ1) is 33.5. The van der Waals surface area contributed by atoms with Gasteiger partial charge in [0.1, 0.15) is 49.8 Å². The number of ether oxygens (including phenoxy) is 12. The Morgan fingerprint density at radius 3 is 1.66 bits per heavy atom. The summed E-state index contributed by atoms with van der Waals surface area (Å²) in [5, 5.41) is 5.05. The van der Waals surface area contributed by atoms with Crippen LogP contribution in [0.2, 0.25) is 0 Å². The Kier molecular flexibility index (Phi) is 21.0. The lowest BCUT2D eigenvalue weighted by molar-refractivity contribution is -0.348. The van der Waals surface area contributed by atoms with Crippen molar-refractivity contribution in [3.8, 4) is 0 Å². The molecule has 0 saturated carbocycles. The van der Waals surface area contributed by atoms with Crippen LogP contribution >= 0.6 is 0 Å². The van der Waals surface area contributed by atoms with E-state index in [2.05, 4.69) is 17.2 Å². The monoisotopic (exact) mass is 1000 g/mol. The molecule has 2 amide bonds. The summed E-state index contributed by atoms with van der Waals surface area (Å²) in [5.41, 5.74) is -0.968. The first-order valence-electron chi connectivity index (χ1n) is 22.3. The predicted molar refractivity (Wildman–Crippen MR) is 240 cm³/mol. The molecule has 23 nitrogen and oxygen atoms in total. The topological polar surface area (TPSA) is 288 Å². The van der Waals surface area contributed by atoms with Gasteiger partial charge in [-0.1, -0.05) is 49.1 Å². The van der Waals surface area contributed by atoms with Crippen molar-refractivity contribution < 1.29 is 100.0 Å². The summed E-state index contributed by atoms with van der Waals surface area (Å²) in [4.78, 5) is 118. The van der Waals surface area contributed by atoms with E-state index in [1.807, 2.05) is 0 Å². The highest BCUT2D eigenvalue weighted by atomic mass is 16.8. The molecule has 71 heavy (non-hydrogen) atoms. The molecule has 2 aromatic carbocycles. The summed E-state index contributed by atoms with van der Waals surface area (Å²) in [6.45, 7) is 13.2. The Morgan fingerprint density at radius 1 is 0.634 bits per heavy atom. The van der Waals surface area contributed by atoms with Crippen LogP contribution in [0.3, 0.4) is 0 Å². The molecule has 0 spiro atoms. The number of esters is 7. The third-order valence-electron chi connectivity index (χ3n) is 9.98. The van der Waals surface area contributed by atoms with Gasteiger partial charge in [0.15, 0.2) is 43.0 Å². The summed E-state index contributed by atoms with van der Waals surface area (Å²) in [5.74, 6) is -7.30. The van der Waals surface area contributed by atoms with Crippen molar-refractivity contribution in [2.45, 2.75) is 141 Å². The molecule has 2 saturated heterocycles. The van der Waals surface area contributed by atoms with Gasteiger partial charge in [-0.3, -0.25) is 24.0 Å². The van der Waals surface area contributed by atoms with Crippen LogP contribution in [0.15, 0.2) is 73.3 Å². The summed E-state index contributed by atoms with van der Waals surface area (Å²) >= 11 is 0. The highest BCUT2D eigenvalue weighted by molar-refractivity contribution is 5.90. The lowest BCUT2D eigenvalue weighted by atomic mass is 9.94. The van der Waals surface area contributed by atoms with E-state index in [1.54, 1.807) is 57.2 Å². The fraction of sp³-hybridized carbons (Fsp3) is 0.521. The van der Waals surface area contributed by atoms with E-state index < -0.39 is 146 Å². The van der Waals surface area contributed by atoms with Crippen LogP contribution in [-0.2, 0) is 85.6 Å². The molecule has 2 heterocycles. The number of alkyl carbamates (subject to hydrolysis) is 1. The Balaban J connectivity index is 1.96. The highest BCUT2D eigenvalue weighted by Gasteiger charge is 2.58. The molecule has 2 aliphatic rings. The summed E-state index contributed by atoms with van der Waals surface area (Å²) in [6.07, 6.45) is -17.0. The minimum Gasteiger partial charge on any atom is -0.463 e. The smallest absolute Gasteiger partial charge is 0.408 e. The van der Waals surface area contributed by atoms with Gasteiger partial charge in [0, 0.05) is 34.6 Å². The zero-order valence-electron chi connectivity index (χ0n) is 40.7. The number of rotatable bonds is 20. The van der Waals surface area contributed by atoms with Gasteiger partial charge in [-0.25, -0.2) is 19.2 Å². The maximum atomic E-state index is 14.1. The van der Waals surface area contributed by atoms with Gasteiger partial charge in [0.2, 0.25) is 5.91 Å². The van der Waals surface area contributed by atoms with Crippen LogP contribution in [0.5, 0.6) is 0 Å². The summed E-state index contributed by atoms with van der Waals surface area (Å²) in [7, 11) is 0. The molecule has 0 bridgehead atoms. The normalized spacial score (nSPS) is 24.7. The number of carbonyl (C=O) groups excluding carboxylic acids is 9. The first kappa shape index (κ1) is 56.6. The summed E-state index contributed by atoms with van der Waals surface area (Å²) in [6, 6.07) is 12.0. The average Bonchev–Trinajstić information content (AvgIpc) is 3.29. The van der Waals surface area contributed by atoms with E-state index in [-0.39, 0.29) is 17.7 Å². The fourth-order valence-corrected chi connectivity index (χ4v) is 7.21. The molecule has 0 aromatic heterocycles. The van der Waals surface area contributed by atoms with Crippen molar-refractivity contribution in [2.24, 2.45) is 0 Å². The summed E-state index contributed by atoms with van der Waals surface area (Å²) < 4.78 is 70.3. The molecule has 388 valence electrons. The van der Waals surface area contributed by atoms with Gasteiger partial charge in [0.05, 0.1) is 17.2 Å². The third-order valence-corrected chi connectivity index (χ3v) is 9.98. The molecule has 2 fully saturated rings. The quantitative estimate of drug-likeness (QED) is 0.110. The minimum absolute atomic E-state index is 0.0104. The minimum atomic E-state index is -1.98. The van der Waals surface area contributed by atoms with Crippen molar-refractivity contribution in [3.05, 3.63) is 84.4 Å². The molecule has 2 aliphatic heterocycles. The molecule has 4 rings (SSSR count). The zero-order chi connectivity index (χ0) is 52.6. The van der Waals surface area contributed by atoms with Crippen molar-refractivity contribution in [3.63, 3.8) is 0 Å². The molecule has 0 radical (unpaired) electrons. The van der Waals surface area contributed by atoms with E-state index in [4.69, 9.17) is 56.8 Å². The molecule has 12 atom stereocenters. The van der Waals surface area contributed by atoms with Crippen molar-refractivity contribution >= 4 is 53.8 Å². The Bertz CT molecular complexity index is 2200. The number of hydrogen-bond donors (Lipinski definition) is 2. The SMILES string of the molecule is C=CCOC(=O)N[C@H](C(=O)OC(C)(C)C)[C@@H](C)O[C@H]1O[C@H](COC(=O)c2ccccc2)[C@H](OC(=O)c2ccccc2)[C@H](O[C@@H]2O[C@H](COC(C)=O)[C@H](OC(C)=O)[C@H](OC(C)=O)[C@H]2OC(C)=O)[C@H]1NC(C)=O. The van der Waals surface area contributed by atoms with Crippen LogP contribution in [0.25, 0.3) is 0 Å². The third kappa shape index (κ3) is 17.4. The molecule has 2 aromatic rings. The number of nitrogens with one attached hydrogen (secondary N) is 2. The van der Waals surface area contributed by atoms with Crippen molar-refractivity contribution in [1.29, 1.82) is 0 Å². The van der Waals surface area contributed by atoms with Crippen molar-refractivity contribution in [1.82, 2.24) is 10.6 Å². The van der Waals surface area contributed by atoms with Crippen LogP contribution in [0.4, 0.5) is 4.79 Å². The highest BCUT2D eigenvalue weighted by Crippen LogP contribution is 2.36.